The van der Waals surface area contributed by atoms with Gasteiger partial charge in [-0.25, -0.2) is 4.79 Å². The quantitative estimate of drug-likeness (QED) is 0.879. The first-order valence-electron chi connectivity index (χ1n) is 8.13. The van der Waals surface area contributed by atoms with Crippen LogP contribution in [-0.4, -0.2) is 48.9 Å². The first-order chi connectivity index (χ1) is 10.8. The minimum Gasteiger partial charge on any atom is -0.396 e. The Kier molecular flexibility index (Phi) is 4.95. The molecular weight excluding hydrogens is 280 g/mol. The van der Waals surface area contributed by atoms with Gasteiger partial charge in [-0.3, -0.25) is 0 Å². The molecule has 1 aromatic carbocycles. The fourth-order valence-electron chi connectivity index (χ4n) is 3.27. The van der Waals surface area contributed by atoms with Gasteiger partial charge in [0, 0.05) is 31.3 Å². The van der Waals surface area contributed by atoms with E-state index < -0.39 is 0 Å². The average molecular weight is 304 g/mol. The SMILES string of the molecule is O=C(Nc1cccc2c1CCCC2)N1CCOCC(CO)C1. The highest BCUT2D eigenvalue weighted by atomic mass is 16.5. The molecule has 2 N–H and O–H groups in total. The number of aliphatic hydroxyl groups excluding tert-OH is 1. The highest BCUT2D eigenvalue weighted by Gasteiger charge is 2.23. The van der Waals surface area contributed by atoms with E-state index in [1.54, 1.807) is 4.90 Å². The van der Waals surface area contributed by atoms with E-state index in [0.717, 1.165) is 18.5 Å². The van der Waals surface area contributed by atoms with E-state index >= 15 is 0 Å². The van der Waals surface area contributed by atoms with Crippen LogP contribution in [0.1, 0.15) is 24.0 Å². The number of amides is 2. The maximum Gasteiger partial charge on any atom is 0.321 e. The van der Waals surface area contributed by atoms with Crippen LogP contribution in [0, 0.1) is 5.92 Å². The Balaban J connectivity index is 1.71. The minimum absolute atomic E-state index is 0.00191. The number of nitrogens with one attached hydrogen (secondary N) is 1. The van der Waals surface area contributed by atoms with Crippen LogP contribution < -0.4 is 5.32 Å². The van der Waals surface area contributed by atoms with Crippen molar-refractivity contribution >= 4 is 11.7 Å². The molecule has 2 amide bonds. The number of carbonyl (C=O) groups is 1. The van der Waals surface area contributed by atoms with Crippen molar-refractivity contribution in [3.63, 3.8) is 0 Å². The molecule has 1 aromatic rings. The molecule has 120 valence electrons. The van der Waals surface area contributed by atoms with Crippen LogP contribution in [0.4, 0.5) is 10.5 Å². The number of aryl methyl sites for hydroxylation is 1. The first-order valence-corrected chi connectivity index (χ1v) is 8.13. The van der Waals surface area contributed by atoms with Crippen molar-refractivity contribution in [2.24, 2.45) is 5.92 Å². The van der Waals surface area contributed by atoms with Crippen LogP contribution >= 0.6 is 0 Å². The Morgan fingerprint density at radius 2 is 2.23 bits per heavy atom. The number of rotatable bonds is 2. The van der Waals surface area contributed by atoms with Gasteiger partial charge in [-0.15, -0.1) is 0 Å². The summed E-state index contributed by atoms with van der Waals surface area (Å²) >= 11 is 0. The monoisotopic (exact) mass is 304 g/mol. The lowest BCUT2D eigenvalue weighted by Gasteiger charge is -2.25. The van der Waals surface area contributed by atoms with Crippen molar-refractivity contribution in [3.05, 3.63) is 29.3 Å². The van der Waals surface area contributed by atoms with Gasteiger partial charge in [-0.1, -0.05) is 12.1 Å². The van der Waals surface area contributed by atoms with Crippen LogP contribution in [0.25, 0.3) is 0 Å². The lowest BCUT2D eigenvalue weighted by atomic mass is 9.90. The van der Waals surface area contributed by atoms with Crippen molar-refractivity contribution in [3.8, 4) is 0 Å². The highest BCUT2D eigenvalue weighted by molar-refractivity contribution is 5.90. The average Bonchev–Trinajstić information content (AvgIpc) is 2.81. The molecular formula is C17H24N2O3. The van der Waals surface area contributed by atoms with Crippen LogP contribution in [0.15, 0.2) is 18.2 Å². The molecule has 0 spiro atoms. The number of carbonyl (C=O) groups excluding carboxylic acids is 1. The molecule has 1 aliphatic heterocycles. The second-order valence-electron chi connectivity index (χ2n) is 6.15. The Bertz CT molecular complexity index is 533. The van der Waals surface area contributed by atoms with Gasteiger partial charge in [0.05, 0.1) is 13.2 Å². The van der Waals surface area contributed by atoms with Crippen LogP contribution in [0.2, 0.25) is 0 Å². The number of urea groups is 1. The van der Waals surface area contributed by atoms with E-state index in [-0.39, 0.29) is 18.6 Å². The van der Waals surface area contributed by atoms with Gasteiger partial charge in [0.25, 0.3) is 0 Å². The second-order valence-corrected chi connectivity index (χ2v) is 6.15. The van der Waals surface area contributed by atoms with Crippen molar-refractivity contribution in [1.82, 2.24) is 4.90 Å². The van der Waals surface area contributed by atoms with Gasteiger partial charge in [-0.05, 0) is 42.9 Å². The lowest BCUT2D eigenvalue weighted by molar-refractivity contribution is 0.0958. The molecule has 1 heterocycles. The van der Waals surface area contributed by atoms with Crippen LogP contribution in [0.3, 0.4) is 0 Å². The third-order valence-corrected chi connectivity index (χ3v) is 4.52. The third-order valence-electron chi connectivity index (χ3n) is 4.52. The maximum absolute atomic E-state index is 12.5. The number of fused-ring (bicyclic) bond motifs is 1. The smallest absolute Gasteiger partial charge is 0.321 e. The number of benzene rings is 1. The topological polar surface area (TPSA) is 61.8 Å². The molecule has 1 fully saturated rings. The summed E-state index contributed by atoms with van der Waals surface area (Å²) in [7, 11) is 0. The summed E-state index contributed by atoms with van der Waals surface area (Å²) in [5.74, 6) is -0.00191. The van der Waals surface area contributed by atoms with E-state index in [4.69, 9.17) is 4.74 Å². The second kappa shape index (κ2) is 7.11. The van der Waals surface area contributed by atoms with Gasteiger partial charge in [-0.2, -0.15) is 0 Å². The Morgan fingerprint density at radius 3 is 3.09 bits per heavy atom. The minimum atomic E-state index is -0.0945. The van der Waals surface area contributed by atoms with Gasteiger partial charge < -0.3 is 20.1 Å². The summed E-state index contributed by atoms with van der Waals surface area (Å²) in [5.41, 5.74) is 3.58. The number of anilines is 1. The summed E-state index contributed by atoms with van der Waals surface area (Å²) in [6, 6.07) is 6.07. The Morgan fingerprint density at radius 1 is 1.36 bits per heavy atom. The summed E-state index contributed by atoms with van der Waals surface area (Å²) in [4.78, 5) is 14.3. The lowest BCUT2D eigenvalue weighted by Crippen LogP contribution is -2.39. The zero-order valence-electron chi connectivity index (χ0n) is 12.9. The molecule has 5 heteroatoms. The molecule has 2 aliphatic rings. The van der Waals surface area contributed by atoms with Gasteiger partial charge in [0.1, 0.15) is 0 Å². The van der Waals surface area contributed by atoms with Crippen molar-refractivity contribution in [1.29, 1.82) is 0 Å². The molecule has 0 aromatic heterocycles. The number of aliphatic hydroxyl groups is 1. The zero-order valence-corrected chi connectivity index (χ0v) is 12.9. The first kappa shape index (κ1) is 15.3. The predicted molar refractivity (Wildman–Crippen MR) is 85.1 cm³/mol. The normalized spacial score (nSPS) is 21.9. The van der Waals surface area contributed by atoms with Crippen molar-refractivity contribution in [2.75, 3.05) is 38.2 Å². The fourth-order valence-corrected chi connectivity index (χ4v) is 3.27. The maximum atomic E-state index is 12.5. The molecule has 22 heavy (non-hydrogen) atoms. The van der Waals surface area contributed by atoms with Crippen molar-refractivity contribution in [2.45, 2.75) is 25.7 Å². The predicted octanol–water partition coefficient (Wildman–Crippen LogP) is 2.04. The Labute approximate surface area is 131 Å². The molecule has 1 aliphatic carbocycles. The zero-order chi connectivity index (χ0) is 15.4. The molecule has 1 unspecified atom stereocenters. The number of hydrogen-bond acceptors (Lipinski definition) is 3. The highest BCUT2D eigenvalue weighted by Crippen LogP contribution is 2.28. The van der Waals surface area contributed by atoms with Gasteiger partial charge in [0.2, 0.25) is 0 Å². The molecule has 1 saturated heterocycles. The van der Waals surface area contributed by atoms with Gasteiger partial charge >= 0.3 is 6.03 Å². The van der Waals surface area contributed by atoms with Crippen molar-refractivity contribution < 1.29 is 14.6 Å². The van der Waals surface area contributed by atoms with E-state index in [2.05, 4.69) is 11.4 Å². The van der Waals surface area contributed by atoms with E-state index in [9.17, 15) is 9.90 Å². The standard InChI is InChI=1S/C17H24N2O3/c20-11-13-10-19(8-9-22-12-13)17(21)18-16-7-3-5-14-4-1-2-6-15(14)16/h3,5,7,13,20H,1-2,4,6,8-12H2,(H,18,21). The molecule has 1 atom stereocenters. The largest absolute Gasteiger partial charge is 0.396 e. The molecule has 0 saturated carbocycles. The summed E-state index contributed by atoms with van der Waals surface area (Å²) in [6.45, 7) is 2.19. The van der Waals surface area contributed by atoms with E-state index in [1.165, 1.54) is 24.0 Å². The van der Waals surface area contributed by atoms with Gasteiger partial charge in [0.15, 0.2) is 0 Å². The summed E-state index contributed by atoms with van der Waals surface area (Å²) in [6.07, 6.45) is 4.55. The Hall–Kier alpha value is -1.59. The summed E-state index contributed by atoms with van der Waals surface area (Å²) < 4.78 is 5.44. The number of nitrogens with zero attached hydrogens (tertiary/aromatic N) is 1. The molecule has 0 bridgehead atoms. The summed E-state index contributed by atoms with van der Waals surface area (Å²) in [5, 5.41) is 12.4. The number of hydrogen-bond donors (Lipinski definition) is 2. The number of ether oxygens (including phenoxy) is 1. The molecule has 3 rings (SSSR count). The van der Waals surface area contributed by atoms with E-state index in [0.29, 0.717) is 26.3 Å². The molecule has 5 nitrogen and oxygen atoms in total. The fraction of sp³-hybridized carbons (Fsp3) is 0.588. The van der Waals surface area contributed by atoms with E-state index in [1.807, 2.05) is 12.1 Å². The van der Waals surface area contributed by atoms with Crippen LogP contribution in [0.5, 0.6) is 0 Å². The van der Waals surface area contributed by atoms with Crippen LogP contribution in [-0.2, 0) is 17.6 Å². The molecule has 0 radical (unpaired) electrons. The third kappa shape index (κ3) is 3.42.